The van der Waals surface area contributed by atoms with Crippen molar-refractivity contribution in [1.82, 2.24) is 0 Å². The van der Waals surface area contributed by atoms with E-state index in [0.29, 0.717) is 6.42 Å². The van der Waals surface area contributed by atoms with Crippen LogP contribution in [-0.4, -0.2) is 75.5 Å². The van der Waals surface area contributed by atoms with Crippen molar-refractivity contribution >= 4 is 17.9 Å². The summed E-state index contributed by atoms with van der Waals surface area (Å²) in [5, 5.41) is 11.6. The molecular weight excluding hydrogens is 715 g/mol. The molecule has 0 aromatic heterocycles. The van der Waals surface area contributed by atoms with Gasteiger partial charge in [-0.3, -0.25) is 9.59 Å². The normalized spacial score (nSPS) is 13.8. The minimum Gasteiger partial charge on any atom is -0.544 e. The predicted octanol–water partition coefficient (Wildman–Crippen LogP) is 10.8. The minimum atomic E-state index is -1.14. The summed E-state index contributed by atoms with van der Waals surface area (Å²) < 4.78 is 17.1. The highest BCUT2D eigenvalue weighted by molar-refractivity contribution is 5.70. The Labute approximate surface area is 348 Å². The summed E-state index contributed by atoms with van der Waals surface area (Å²) in [4.78, 5) is 36.8. The van der Waals surface area contributed by atoms with E-state index in [1.165, 1.54) is 44.9 Å². The van der Waals surface area contributed by atoms with E-state index in [-0.39, 0.29) is 55.5 Å². The van der Waals surface area contributed by atoms with Crippen molar-refractivity contribution in [3.63, 3.8) is 0 Å². The summed E-state index contributed by atoms with van der Waals surface area (Å²) in [7, 11) is 5.37. The largest absolute Gasteiger partial charge is 0.544 e. The van der Waals surface area contributed by atoms with Crippen molar-refractivity contribution < 1.29 is 38.2 Å². The Morgan fingerprint density at radius 1 is 0.544 bits per heavy atom. The van der Waals surface area contributed by atoms with Gasteiger partial charge in [0.15, 0.2) is 6.10 Å². The van der Waals surface area contributed by atoms with E-state index in [9.17, 15) is 19.5 Å². The number of hydrogen-bond acceptors (Lipinski definition) is 7. The Hall–Kier alpha value is -3.49. The van der Waals surface area contributed by atoms with Crippen LogP contribution in [0.1, 0.15) is 155 Å². The molecule has 57 heavy (non-hydrogen) atoms. The van der Waals surface area contributed by atoms with Crippen LogP contribution >= 0.6 is 0 Å². The highest BCUT2D eigenvalue weighted by Crippen LogP contribution is 2.12. The molecule has 0 saturated heterocycles. The van der Waals surface area contributed by atoms with Gasteiger partial charge in [0.1, 0.15) is 12.6 Å². The molecule has 0 amide bonds. The molecule has 0 radical (unpaired) electrons. The third-order valence-electron chi connectivity index (χ3n) is 9.28. The Bertz CT molecular complexity index is 1200. The molecule has 0 N–H and O–H groups in total. The number of nitrogens with zero attached hydrogens (tertiary/aromatic N) is 1. The number of carbonyl (C=O) groups is 3. The van der Waals surface area contributed by atoms with Gasteiger partial charge in [0.05, 0.1) is 40.3 Å². The molecule has 0 bridgehead atoms. The van der Waals surface area contributed by atoms with Crippen molar-refractivity contribution in [2.45, 2.75) is 167 Å². The quantitative estimate of drug-likeness (QED) is 0.0265. The van der Waals surface area contributed by atoms with Gasteiger partial charge in [0, 0.05) is 19.3 Å². The second-order valence-electron chi connectivity index (χ2n) is 15.5. The summed E-state index contributed by atoms with van der Waals surface area (Å²) in [5.41, 5.74) is 0. The van der Waals surface area contributed by atoms with Crippen LogP contribution in [0.3, 0.4) is 0 Å². The van der Waals surface area contributed by atoms with Gasteiger partial charge in [-0.05, 0) is 77.0 Å². The fourth-order valence-corrected chi connectivity index (χ4v) is 5.85. The second-order valence-corrected chi connectivity index (χ2v) is 15.5. The van der Waals surface area contributed by atoms with Gasteiger partial charge in [0.25, 0.3) is 0 Å². The molecule has 0 fully saturated rings. The first kappa shape index (κ1) is 53.5. The zero-order chi connectivity index (χ0) is 42.1. The minimum absolute atomic E-state index is 0.00656. The van der Waals surface area contributed by atoms with Gasteiger partial charge in [-0.2, -0.15) is 0 Å². The molecule has 2 atom stereocenters. The number of esters is 2. The number of carboxylic acids is 1. The molecular formula is C49H81NO7. The van der Waals surface area contributed by atoms with E-state index < -0.39 is 18.1 Å². The number of quaternary nitrogens is 1. The summed E-state index contributed by atoms with van der Waals surface area (Å²) in [6, 6.07) is -0.743. The van der Waals surface area contributed by atoms with E-state index in [1.807, 2.05) is 12.2 Å². The molecule has 0 heterocycles. The number of ether oxygens (including phenoxy) is 3. The van der Waals surface area contributed by atoms with E-state index in [0.717, 1.165) is 70.6 Å². The van der Waals surface area contributed by atoms with Crippen LogP contribution in [0, 0.1) is 0 Å². The Morgan fingerprint density at radius 3 is 1.53 bits per heavy atom. The monoisotopic (exact) mass is 796 g/mol. The molecule has 0 aliphatic heterocycles. The van der Waals surface area contributed by atoms with Crippen LogP contribution in [0.4, 0.5) is 0 Å². The smallest absolute Gasteiger partial charge is 0.306 e. The first-order valence-electron chi connectivity index (χ1n) is 22.1. The Morgan fingerprint density at radius 2 is 1.02 bits per heavy atom. The van der Waals surface area contributed by atoms with Crippen LogP contribution in [-0.2, 0) is 28.6 Å². The zero-order valence-electron chi connectivity index (χ0n) is 36.7. The molecule has 0 spiro atoms. The van der Waals surface area contributed by atoms with Gasteiger partial charge in [0.2, 0.25) is 0 Å². The fourth-order valence-electron chi connectivity index (χ4n) is 5.85. The van der Waals surface area contributed by atoms with Gasteiger partial charge < -0.3 is 28.6 Å². The molecule has 0 aromatic rings. The van der Waals surface area contributed by atoms with Crippen LogP contribution in [0.15, 0.2) is 85.1 Å². The lowest BCUT2D eigenvalue weighted by atomic mass is 10.1. The number of hydrogen-bond donors (Lipinski definition) is 0. The number of aliphatic carboxylic acids is 1. The van der Waals surface area contributed by atoms with Gasteiger partial charge in [-0.15, -0.1) is 0 Å². The molecule has 0 rings (SSSR count). The number of carbonyl (C=O) groups excluding carboxylic acids is 3. The lowest BCUT2D eigenvalue weighted by Gasteiger charge is -2.34. The average Bonchev–Trinajstić information content (AvgIpc) is 3.17. The summed E-state index contributed by atoms with van der Waals surface area (Å²) in [5.74, 6) is -1.87. The highest BCUT2D eigenvalue weighted by atomic mass is 16.6. The van der Waals surface area contributed by atoms with Crippen molar-refractivity contribution in [2.24, 2.45) is 0 Å². The lowest BCUT2D eigenvalue weighted by molar-refractivity contribution is -0.889. The SMILES string of the molecule is CC/C=C/C/C=C/C/C=C/C/C=C/C/C=C/C/C=C/CCC(=O)OCC(COCCC(C(=O)[O-])[N+](C)(C)C)OC(=O)CCCCC/C=C/CCCCCCCCC. The Kier molecular flexibility index (Phi) is 36.9. The molecule has 2 unspecified atom stereocenters. The molecule has 0 saturated carbocycles. The third kappa shape index (κ3) is 37.8. The molecule has 8 nitrogen and oxygen atoms in total. The van der Waals surface area contributed by atoms with Gasteiger partial charge in [-0.25, -0.2) is 0 Å². The maximum Gasteiger partial charge on any atom is 0.306 e. The summed E-state index contributed by atoms with van der Waals surface area (Å²) >= 11 is 0. The zero-order valence-corrected chi connectivity index (χ0v) is 36.7. The molecule has 324 valence electrons. The third-order valence-corrected chi connectivity index (χ3v) is 9.28. The lowest BCUT2D eigenvalue weighted by Crippen LogP contribution is -2.55. The van der Waals surface area contributed by atoms with E-state index in [2.05, 4.69) is 86.8 Å². The molecule has 8 heteroatoms. The maximum absolute atomic E-state index is 12.7. The number of allylic oxidation sites excluding steroid dienone is 14. The number of likely N-dealkylation sites (N-methyl/N-ethyl adjacent to an activating group) is 1. The number of carboxylic acid groups (broad SMARTS) is 1. The topological polar surface area (TPSA) is 102 Å². The highest BCUT2D eigenvalue weighted by Gasteiger charge is 2.25. The predicted molar refractivity (Wildman–Crippen MR) is 235 cm³/mol. The van der Waals surface area contributed by atoms with Crippen LogP contribution in [0.2, 0.25) is 0 Å². The van der Waals surface area contributed by atoms with E-state index >= 15 is 0 Å². The average molecular weight is 796 g/mol. The van der Waals surface area contributed by atoms with Crippen LogP contribution in [0.25, 0.3) is 0 Å². The van der Waals surface area contributed by atoms with Gasteiger partial charge >= 0.3 is 11.9 Å². The molecule has 0 aromatic carbocycles. The molecule has 0 aliphatic rings. The number of unbranched alkanes of at least 4 members (excludes halogenated alkanes) is 10. The first-order valence-corrected chi connectivity index (χ1v) is 22.1. The summed E-state index contributed by atoms with van der Waals surface area (Å²) in [6.07, 6.45) is 50.5. The van der Waals surface area contributed by atoms with E-state index in [1.54, 1.807) is 21.1 Å². The fraction of sp³-hybridized carbons (Fsp3) is 0.653. The van der Waals surface area contributed by atoms with Crippen molar-refractivity contribution in [3.05, 3.63) is 85.1 Å². The van der Waals surface area contributed by atoms with Gasteiger partial charge in [-0.1, -0.05) is 144 Å². The van der Waals surface area contributed by atoms with Crippen molar-refractivity contribution in [1.29, 1.82) is 0 Å². The Balaban J connectivity index is 4.50. The second kappa shape index (κ2) is 39.3. The maximum atomic E-state index is 12.7. The molecule has 0 aliphatic carbocycles. The first-order chi connectivity index (χ1) is 27.6. The summed E-state index contributed by atoms with van der Waals surface area (Å²) in [6.45, 7) is 4.43. The van der Waals surface area contributed by atoms with Crippen molar-refractivity contribution in [3.8, 4) is 0 Å². The number of rotatable bonds is 38. The van der Waals surface area contributed by atoms with E-state index in [4.69, 9.17) is 14.2 Å². The van der Waals surface area contributed by atoms with Crippen LogP contribution in [0.5, 0.6) is 0 Å². The van der Waals surface area contributed by atoms with Crippen molar-refractivity contribution in [2.75, 3.05) is 41.0 Å². The van der Waals surface area contributed by atoms with Crippen LogP contribution < -0.4 is 5.11 Å². The standard InChI is InChI=1S/C49H81NO7/c1-6-8-10-12-14-16-18-20-22-23-24-25-26-28-29-31-33-35-37-39-47(51)56-44-45(43-55-42-41-46(49(53)54)50(3,4)5)57-48(52)40-38-36-34-32-30-27-21-19-17-15-13-11-9-7-2/h8,10,14,16,20,22,24-25,27-30,33,35,45-46H,6-7,9,11-13,15,17-19,21,23,26,31-32,34,36-44H2,1-5H3/b10-8+,16-14+,22-20+,25-24+,29-28+,30-27+,35-33+.